The largest absolute Gasteiger partial charge is 0.333 e. The first-order chi connectivity index (χ1) is 10.6. The molecule has 0 saturated carbocycles. The number of hydrogen-bond donors (Lipinski definition) is 1. The molecule has 1 saturated heterocycles. The van der Waals surface area contributed by atoms with Gasteiger partial charge in [0.1, 0.15) is 0 Å². The zero-order valence-corrected chi connectivity index (χ0v) is 13.9. The number of hydrogen-bond acceptors (Lipinski definition) is 3. The summed E-state index contributed by atoms with van der Waals surface area (Å²) in [5, 5.41) is 9.31. The van der Waals surface area contributed by atoms with Crippen LogP contribution in [-0.4, -0.2) is 33.8 Å². The maximum atomic E-state index is 12.3. The van der Waals surface area contributed by atoms with E-state index in [1.807, 2.05) is 22.8 Å². The van der Waals surface area contributed by atoms with E-state index in [2.05, 4.69) is 35.0 Å². The summed E-state index contributed by atoms with van der Waals surface area (Å²) < 4.78 is 1.83. The molecule has 0 aromatic carbocycles. The van der Waals surface area contributed by atoms with Crippen LogP contribution in [0.2, 0.25) is 0 Å². The number of urea groups is 1. The van der Waals surface area contributed by atoms with E-state index in [-0.39, 0.29) is 6.03 Å². The van der Waals surface area contributed by atoms with Gasteiger partial charge in [-0.25, -0.2) is 4.79 Å². The summed E-state index contributed by atoms with van der Waals surface area (Å²) in [5.74, 6) is 0.540. The number of carbonyl (C=O) groups excluding carboxylic acids is 1. The van der Waals surface area contributed by atoms with Crippen molar-refractivity contribution < 1.29 is 4.79 Å². The van der Waals surface area contributed by atoms with Gasteiger partial charge < -0.3 is 10.2 Å². The Labute approximate surface area is 134 Å². The molecule has 3 heterocycles. The van der Waals surface area contributed by atoms with E-state index >= 15 is 0 Å². The molecule has 1 atom stereocenters. The maximum Gasteiger partial charge on any atom is 0.317 e. The molecule has 1 aliphatic rings. The van der Waals surface area contributed by atoms with E-state index in [4.69, 9.17) is 0 Å². The van der Waals surface area contributed by atoms with E-state index < -0.39 is 0 Å². The fraction of sp³-hybridized carbons (Fsp3) is 0.500. The van der Waals surface area contributed by atoms with Crippen molar-refractivity contribution in [1.29, 1.82) is 0 Å². The van der Waals surface area contributed by atoms with E-state index in [1.54, 1.807) is 11.3 Å². The second-order valence-corrected chi connectivity index (χ2v) is 7.01. The smallest absolute Gasteiger partial charge is 0.317 e. The number of amides is 2. The highest BCUT2D eigenvalue weighted by atomic mass is 32.1. The van der Waals surface area contributed by atoms with Crippen LogP contribution in [0.5, 0.6) is 0 Å². The Morgan fingerprint density at radius 3 is 3.09 bits per heavy atom. The van der Waals surface area contributed by atoms with E-state index in [1.165, 1.54) is 16.0 Å². The summed E-state index contributed by atoms with van der Waals surface area (Å²) >= 11 is 1.70. The minimum Gasteiger partial charge on any atom is -0.333 e. The number of thiophene rings is 1. The zero-order valence-electron chi connectivity index (χ0n) is 13.1. The lowest BCUT2D eigenvalue weighted by molar-refractivity contribution is 0.206. The van der Waals surface area contributed by atoms with E-state index in [0.717, 1.165) is 25.9 Å². The third kappa shape index (κ3) is 3.50. The summed E-state index contributed by atoms with van der Waals surface area (Å²) in [6.07, 6.45) is 6.05. The number of nitrogens with one attached hydrogen (secondary N) is 1. The average molecular weight is 318 g/mol. The first-order valence-corrected chi connectivity index (χ1v) is 8.53. The quantitative estimate of drug-likeness (QED) is 0.942. The predicted molar refractivity (Wildman–Crippen MR) is 87.9 cm³/mol. The summed E-state index contributed by atoms with van der Waals surface area (Å²) in [7, 11) is 1.93. The highest BCUT2D eigenvalue weighted by molar-refractivity contribution is 7.10. The Morgan fingerprint density at radius 2 is 2.41 bits per heavy atom. The average Bonchev–Trinajstić information content (AvgIpc) is 3.20. The number of aromatic nitrogens is 2. The lowest BCUT2D eigenvalue weighted by atomic mass is 10.0. The molecule has 118 valence electrons. The topological polar surface area (TPSA) is 50.2 Å². The summed E-state index contributed by atoms with van der Waals surface area (Å²) in [6, 6.07) is 2.15. The van der Waals surface area contributed by atoms with Crippen molar-refractivity contribution in [2.45, 2.75) is 26.3 Å². The molecule has 1 N–H and O–H groups in total. The molecule has 5 nitrogen and oxygen atoms in total. The van der Waals surface area contributed by atoms with Crippen molar-refractivity contribution in [2.75, 3.05) is 13.1 Å². The van der Waals surface area contributed by atoms with Gasteiger partial charge in [-0.3, -0.25) is 4.68 Å². The fourth-order valence-electron chi connectivity index (χ4n) is 2.95. The number of nitrogens with zero attached hydrogens (tertiary/aromatic N) is 3. The van der Waals surface area contributed by atoms with E-state index in [0.29, 0.717) is 12.5 Å². The molecule has 0 spiro atoms. The second kappa shape index (κ2) is 6.52. The molecule has 1 aliphatic heterocycles. The Morgan fingerprint density at radius 1 is 1.55 bits per heavy atom. The first kappa shape index (κ1) is 15.1. The van der Waals surface area contributed by atoms with Crippen molar-refractivity contribution in [3.63, 3.8) is 0 Å². The van der Waals surface area contributed by atoms with Crippen molar-refractivity contribution in [3.05, 3.63) is 39.8 Å². The van der Waals surface area contributed by atoms with Crippen molar-refractivity contribution in [2.24, 2.45) is 13.0 Å². The molecule has 2 aromatic heterocycles. The van der Waals surface area contributed by atoms with Crippen LogP contribution in [0.3, 0.4) is 0 Å². The van der Waals surface area contributed by atoms with Gasteiger partial charge in [-0.2, -0.15) is 5.10 Å². The minimum absolute atomic E-state index is 0.0569. The molecular weight excluding hydrogens is 296 g/mol. The molecule has 0 radical (unpaired) electrons. The highest BCUT2D eigenvalue weighted by Crippen LogP contribution is 2.21. The van der Waals surface area contributed by atoms with Gasteiger partial charge in [-0.1, -0.05) is 0 Å². The number of likely N-dealkylation sites (tertiary alicyclic amines) is 1. The maximum absolute atomic E-state index is 12.3. The van der Waals surface area contributed by atoms with Crippen molar-refractivity contribution in [3.8, 4) is 0 Å². The van der Waals surface area contributed by atoms with Gasteiger partial charge >= 0.3 is 6.03 Å². The van der Waals surface area contributed by atoms with Crippen LogP contribution in [0.4, 0.5) is 4.79 Å². The first-order valence-electron chi connectivity index (χ1n) is 7.65. The van der Waals surface area contributed by atoms with E-state index in [9.17, 15) is 4.79 Å². The molecule has 0 bridgehead atoms. The standard InChI is InChI=1S/C16H22N4OS/c1-12-4-6-22-15(12)9-17-16(21)20-5-3-13(11-20)7-14-8-18-19(2)10-14/h4,6,8,10,13H,3,5,7,9,11H2,1-2H3,(H,17,21)/t13-/m0/s1. The zero-order chi connectivity index (χ0) is 15.5. The predicted octanol–water partition coefficient (Wildman–Crippen LogP) is 2.56. The third-order valence-corrected chi connectivity index (χ3v) is 5.25. The molecule has 3 rings (SSSR count). The van der Waals surface area contributed by atoms with Crippen LogP contribution in [0.1, 0.15) is 22.4 Å². The number of carbonyl (C=O) groups is 1. The van der Waals surface area contributed by atoms with Crippen LogP contribution in [0.15, 0.2) is 23.8 Å². The minimum atomic E-state index is 0.0569. The molecular formula is C16H22N4OS. The SMILES string of the molecule is Cc1ccsc1CNC(=O)N1CC[C@@H](Cc2cnn(C)c2)C1. The monoisotopic (exact) mass is 318 g/mol. The van der Waals surface area contributed by atoms with Gasteiger partial charge in [-0.05, 0) is 48.3 Å². The van der Waals surface area contributed by atoms with Gasteiger partial charge in [-0.15, -0.1) is 11.3 Å². The molecule has 6 heteroatoms. The van der Waals surface area contributed by atoms with Gasteiger partial charge in [0.05, 0.1) is 12.7 Å². The molecule has 2 amide bonds. The molecule has 22 heavy (non-hydrogen) atoms. The van der Waals surface area contributed by atoms with Gasteiger partial charge in [0.25, 0.3) is 0 Å². The van der Waals surface area contributed by atoms with Gasteiger partial charge in [0, 0.05) is 31.2 Å². The molecule has 0 aliphatic carbocycles. The number of aryl methyl sites for hydroxylation is 2. The van der Waals surface area contributed by atoms with Crippen molar-refractivity contribution >= 4 is 17.4 Å². The molecule has 2 aromatic rings. The van der Waals surface area contributed by atoms with Crippen LogP contribution < -0.4 is 5.32 Å². The Hall–Kier alpha value is -1.82. The number of rotatable bonds is 4. The van der Waals surface area contributed by atoms with Crippen LogP contribution in [0.25, 0.3) is 0 Å². The molecule has 1 fully saturated rings. The Bertz CT molecular complexity index is 648. The molecule has 0 unspecified atom stereocenters. The van der Waals surface area contributed by atoms with Crippen molar-refractivity contribution in [1.82, 2.24) is 20.0 Å². The fourth-order valence-corrected chi connectivity index (χ4v) is 3.79. The van der Waals surface area contributed by atoms with Crippen LogP contribution in [0, 0.1) is 12.8 Å². The van der Waals surface area contributed by atoms with Crippen LogP contribution in [-0.2, 0) is 20.0 Å². The lowest BCUT2D eigenvalue weighted by Gasteiger charge is -2.17. The Kier molecular flexibility index (Phi) is 4.47. The normalized spacial score (nSPS) is 17.9. The van der Waals surface area contributed by atoms with Crippen LogP contribution >= 0.6 is 11.3 Å². The van der Waals surface area contributed by atoms with Gasteiger partial charge in [0.15, 0.2) is 0 Å². The summed E-state index contributed by atoms with van der Waals surface area (Å²) in [6.45, 7) is 4.40. The third-order valence-electron chi connectivity index (χ3n) is 4.22. The summed E-state index contributed by atoms with van der Waals surface area (Å²) in [5.41, 5.74) is 2.50. The second-order valence-electron chi connectivity index (χ2n) is 6.01. The highest BCUT2D eigenvalue weighted by Gasteiger charge is 2.26. The Balaban J connectivity index is 1.47. The van der Waals surface area contributed by atoms with Gasteiger partial charge in [0.2, 0.25) is 0 Å². The summed E-state index contributed by atoms with van der Waals surface area (Å²) in [4.78, 5) is 15.4. The lowest BCUT2D eigenvalue weighted by Crippen LogP contribution is -2.38.